The van der Waals surface area contributed by atoms with Gasteiger partial charge in [-0.3, -0.25) is 14.6 Å². The number of aromatic nitrogens is 1. The number of carbonyl (C=O) groups is 2. The Bertz CT molecular complexity index is 646. The van der Waals surface area contributed by atoms with Crippen LogP contribution in [-0.4, -0.2) is 51.8 Å². The number of pyridine rings is 1. The normalized spacial score (nSPS) is 27.8. The lowest BCUT2D eigenvalue weighted by atomic mass is 9.83. The smallest absolute Gasteiger partial charge is 0.256 e. The van der Waals surface area contributed by atoms with Gasteiger partial charge in [0, 0.05) is 37.8 Å². The fourth-order valence-electron chi connectivity index (χ4n) is 4.02. The van der Waals surface area contributed by atoms with Crippen molar-refractivity contribution in [1.82, 2.24) is 14.8 Å². The van der Waals surface area contributed by atoms with Gasteiger partial charge in [-0.05, 0) is 37.7 Å². The Labute approximate surface area is 134 Å². The van der Waals surface area contributed by atoms with Crippen molar-refractivity contribution in [2.24, 2.45) is 5.92 Å². The van der Waals surface area contributed by atoms with Crippen molar-refractivity contribution < 1.29 is 14.0 Å². The molecular weight excluding hydrogens is 297 g/mol. The van der Waals surface area contributed by atoms with E-state index in [2.05, 4.69) is 9.88 Å². The monoisotopic (exact) mass is 317 g/mol. The number of nitrogens with zero attached hydrogens (tertiary/aromatic N) is 3. The number of piperidine rings is 2. The molecule has 0 radical (unpaired) electrons. The number of hydrogen-bond donors (Lipinski definition) is 0. The highest BCUT2D eigenvalue weighted by Gasteiger charge is 2.45. The van der Waals surface area contributed by atoms with Crippen LogP contribution in [0.15, 0.2) is 18.5 Å². The highest BCUT2D eigenvalue weighted by molar-refractivity contribution is 5.94. The van der Waals surface area contributed by atoms with Crippen molar-refractivity contribution in [3.63, 3.8) is 0 Å². The van der Waals surface area contributed by atoms with Gasteiger partial charge in [0.05, 0.1) is 11.8 Å². The van der Waals surface area contributed by atoms with Crippen LogP contribution >= 0.6 is 0 Å². The Morgan fingerprint density at radius 3 is 2.83 bits per heavy atom. The summed E-state index contributed by atoms with van der Waals surface area (Å²) in [4.78, 5) is 32.3. The van der Waals surface area contributed by atoms with E-state index in [0.29, 0.717) is 31.5 Å². The molecular formula is C17H20FN3O2. The first-order valence-electron chi connectivity index (χ1n) is 8.35. The van der Waals surface area contributed by atoms with Gasteiger partial charge in [0.25, 0.3) is 5.91 Å². The van der Waals surface area contributed by atoms with Gasteiger partial charge in [0.1, 0.15) is 0 Å². The molecule has 1 aliphatic carbocycles. The number of amides is 2. The molecule has 4 rings (SSSR count). The molecule has 1 aromatic heterocycles. The van der Waals surface area contributed by atoms with Crippen LogP contribution in [-0.2, 0) is 4.79 Å². The zero-order valence-corrected chi connectivity index (χ0v) is 12.9. The van der Waals surface area contributed by atoms with E-state index in [9.17, 15) is 14.0 Å². The van der Waals surface area contributed by atoms with E-state index in [1.165, 1.54) is 12.3 Å². The van der Waals surface area contributed by atoms with Gasteiger partial charge in [-0.1, -0.05) is 0 Å². The van der Waals surface area contributed by atoms with E-state index in [0.717, 1.165) is 31.9 Å². The van der Waals surface area contributed by atoms with E-state index in [1.807, 2.05) is 0 Å². The van der Waals surface area contributed by atoms with Crippen LogP contribution in [0, 0.1) is 11.7 Å². The van der Waals surface area contributed by atoms with Crippen molar-refractivity contribution in [1.29, 1.82) is 0 Å². The van der Waals surface area contributed by atoms with Crippen molar-refractivity contribution in [2.45, 2.75) is 44.2 Å². The number of carbonyl (C=O) groups excluding carboxylic acids is 2. The lowest BCUT2D eigenvalue weighted by Gasteiger charge is -2.47. The van der Waals surface area contributed by atoms with E-state index < -0.39 is 5.82 Å². The first kappa shape index (κ1) is 14.6. The molecule has 0 N–H and O–H groups in total. The van der Waals surface area contributed by atoms with Crippen molar-refractivity contribution in [3.8, 4) is 0 Å². The molecule has 1 aromatic rings. The summed E-state index contributed by atoms with van der Waals surface area (Å²) >= 11 is 0. The predicted molar refractivity (Wildman–Crippen MR) is 81.1 cm³/mol. The standard InChI is InChI=1S/C17H20FN3O2/c18-14-9-19-7-5-13(14)17(23)20-8-6-15-11(10-20)1-4-16(22)21(15)12-2-3-12/h5,7,9,11-12,15H,1-4,6,8,10H2/t11-,15+/m0/s1. The average molecular weight is 317 g/mol. The van der Waals surface area contributed by atoms with Crippen LogP contribution in [0.4, 0.5) is 4.39 Å². The van der Waals surface area contributed by atoms with Crippen LogP contribution < -0.4 is 0 Å². The highest BCUT2D eigenvalue weighted by Crippen LogP contribution is 2.39. The Hall–Kier alpha value is -1.98. The maximum absolute atomic E-state index is 13.8. The zero-order valence-electron chi connectivity index (χ0n) is 12.9. The SMILES string of the molecule is O=C(c1ccncc1F)N1CC[C@@H]2[C@@H](CCC(=O)N2C2CC2)C1. The van der Waals surface area contributed by atoms with Crippen molar-refractivity contribution in [2.75, 3.05) is 13.1 Å². The van der Waals surface area contributed by atoms with Crippen LogP contribution in [0.5, 0.6) is 0 Å². The molecule has 0 unspecified atom stereocenters. The average Bonchev–Trinajstić information content (AvgIpc) is 3.39. The summed E-state index contributed by atoms with van der Waals surface area (Å²) in [6.45, 7) is 1.19. The van der Waals surface area contributed by atoms with Crippen LogP contribution in [0.25, 0.3) is 0 Å². The number of halogens is 1. The minimum absolute atomic E-state index is 0.0874. The van der Waals surface area contributed by atoms with Crippen LogP contribution in [0.2, 0.25) is 0 Å². The Morgan fingerprint density at radius 2 is 2.09 bits per heavy atom. The second-order valence-corrected chi connectivity index (χ2v) is 6.79. The topological polar surface area (TPSA) is 53.5 Å². The molecule has 2 aliphatic heterocycles. The third-order valence-corrected chi connectivity index (χ3v) is 5.30. The van der Waals surface area contributed by atoms with Crippen molar-refractivity contribution in [3.05, 3.63) is 29.8 Å². The Morgan fingerprint density at radius 1 is 1.26 bits per heavy atom. The fourth-order valence-corrected chi connectivity index (χ4v) is 4.02. The molecule has 23 heavy (non-hydrogen) atoms. The minimum Gasteiger partial charge on any atom is -0.338 e. The summed E-state index contributed by atoms with van der Waals surface area (Å²) in [5, 5.41) is 0. The second-order valence-electron chi connectivity index (χ2n) is 6.79. The van der Waals surface area contributed by atoms with Gasteiger partial charge in [-0.25, -0.2) is 4.39 Å². The van der Waals surface area contributed by atoms with Gasteiger partial charge in [0.2, 0.25) is 5.91 Å². The third-order valence-electron chi connectivity index (χ3n) is 5.30. The lowest BCUT2D eigenvalue weighted by molar-refractivity contribution is -0.141. The molecule has 3 aliphatic rings. The summed E-state index contributed by atoms with van der Waals surface area (Å²) in [5.74, 6) is -0.249. The van der Waals surface area contributed by atoms with E-state index in [-0.39, 0.29) is 23.4 Å². The molecule has 3 heterocycles. The zero-order chi connectivity index (χ0) is 16.0. The van der Waals surface area contributed by atoms with E-state index in [1.54, 1.807) is 4.90 Å². The number of rotatable bonds is 2. The molecule has 2 amide bonds. The third kappa shape index (κ3) is 2.60. The highest BCUT2D eigenvalue weighted by atomic mass is 19.1. The van der Waals surface area contributed by atoms with Gasteiger partial charge in [0.15, 0.2) is 5.82 Å². The minimum atomic E-state index is -0.571. The Balaban J connectivity index is 1.50. The predicted octanol–water partition coefficient (Wildman–Crippen LogP) is 1.84. The second kappa shape index (κ2) is 5.58. The van der Waals surface area contributed by atoms with Gasteiger partial charge in [-0.15, -0.1) is 0 Å². The fraction of sp³-hybridized carbons (Fsp3) is 0.588. The number of fused-ring (bicyclic) bond motifs is 1. The molecule has 122 valence electrons. The molecule has 3 fully saturated rings. The lowest BCUT2D eigenvalue weighted by Crippen LogP contribution is -2.57. The largest absolute Gasteiger partial charge is 0.338 e. The summed E-state index contributed by atoms with van der Waals surface area (Å²) in [6.07, 6.45) is 6.94. The summed E-state index contributed by atoms with van der Waals surface area (Å²) in [5.41, 5.74) is 0.0874. The Kier molecular flexibility index (Phi) is 3.54. The maximum atomic E-state index is 13.8. The molecule has 6 heteroatoms. The summed E-state index contributed by atoms with van der Waals surface area (Å²) in [7, 11) is 0. The molecule has 1 saturated carbocycles. The summed E-state index contributed by atoms with van der Waals surface area (Å²) in [6, 6.07) is 2.12. The van der Waals surface area contributed by atoms with E-state index >= 15 is 0 Å². The quantitative estimate of drug-likeness (QED) is 0.836. The number of hydrogen-bond acceptors (Lipinski definition) is 3. The molecule has 2 saturated heterocycles. The van der Waals surface area contributed by atoms with Crippen LogP contribution in [0.3, 0.4) is 0 Å². The van der Waals surface area contributed by atoms with E-state index in [4.69, 9.17) is 0 Å². The molecule has 0 aromatic carbocycles. The van der Waals surface area contributed by atoms with Crippen molar-refractivity contribution >= 4 is 11.8 Å². The summed E-state index contributed by atoms with van der Waals surface area (Å²) < 4.78 is 13.8. The van der Waals surface area contributed by atoms with Gasteiger partial charge < -0.3 is 9.80 Å². The molecule has 0 spiro atoms. The maximum Gasteiger partial charge on any atom is 0.256 e. The van der Waals surface area contributed by atoms with Gasteiger partial charge in [-0.2, -0.15) is 0 Å². The van der Waals surface area contributed by atoms with Crippen LogP contribution in [0.1, 0.15) is 42.5 Å². The molecule has 0 bridgehead atoms. The first-order chi connectivity index (χ1) is 11.1. The first-order valence-corrected chi connectivity index (χ1v) is 8.35. The molecule has 2 atom stereocenters. The molecule has 5 nitrogen and oxygen atoms in total. The number of likely N-dealkylation sites (tertiary alicyclic amines) is 2. The van der Waals surface area contributed by atoms with Gasteiger partial charge >= 0.3 is 0 Å².